The van der Waals surface area contributed by atoms with Gasteiger partial charge in [-0.25, -0.2) is 4.79 Å². The summed E-state index contributed by atoms with van der Waals surface area (Å²) in [7, 11) is 0. The summed E-state index contributed by atoms with van der Waals surface area (Å²) >= 11 is 23.2. The van der Waals surface area contributed by atoms with Crippen molar-refractivity contribution in [2.24, 2.45) is 0 Å². The van der Waals surface area contributed by atoms with E-state index in [1.165, 1.54) is 12.1 Å². The Morgan fingerprint density at radius 3 is 1.92 bits per heavy atom. The maximum Gasteiger partial charge on any atom is 0.344 e. The number of benzene rings is 2. The first-order chi connectivity index (χ1) is 11.2. The maximum absolute atomic E-state index is 11.3. The van der Waals surface area contributed by atoms with Gasteiger partial charge in [0, 0.05) is 0 Å². The number of carboxylic acid groups (broad SMARTS) is 1. The van der Waals surface area contributed by atoms with Crippen LogP contribution in [0.15, 0.2) is 48.5 Å². The number of ether oxygens (including phenoxy) is 1. The van der Waals surface area contributed by atoms with Crippen LogP contribution in [0.5, 0.6) is 17.2 Å². The number of carboxylic acids is 1. The minimum Gasteiger partial charge on any atom is -0.508 e. The van der Waals surface area contributed by atoms with E-state index in [1.807, 2.05) is 0 Å². The number of carbonyl (C=O) groups is 1. The van der Waals surface area contributed by atoms with Crippen LogP contribution < -0.4 is 4.74 Å². The lowest BCUT2D eigenvalue weighted by Gasteiger charge is -2.29. The predicted molar refractivity (Wildman–Crippen MR) is 93.0 cm³/mol. The Bertz CT molecular complexity index is 708. The van der Waals surface area contributed by atoms with Crippen molar-refractivity contribution in [3.8, 4) is 17.2 Å². The molecule has 2 N–H and O–H groups in total. The SMILES string of the molecule is O=C(O)[C@](Cl)(C(Cl)c1ccc(Oc2ccc(O)cc2)cc1)N(Cl)Cl. The normalized spacial score (nSPS) is 14.9. The number of phenols is 1. The number of aliphatic carboxylic acids is 1. The molecule has 2 rings (SSSR count). The van der Waals surface area contributed by atoms with Crippen LogP contribution in [-0.4, -0.2) is 25.1 Å². The van der Waals surface area contributed by atoms with Gasteiger partial charge in [0.15, 0.2) is 0 Å². The number of nitrogens with zero attached hydrogens (tertiary/aromatic N) is 1. The standard InChI is InChI=1S/C15H11Cl4NO4/c16-13(15(17,14(22)23)20(18)19)9-1-5-11(6-2-9)24-12-7-3-10(21)4-8-12/h1-8,13,21H,(H,22,23)/t13?,15-/m0/s1. The minimum atomic E-state index is -2.23. The Morgan fingerprint density at radius 2 is 1.50 bits per heavy atom. The summed E-state index contributed by atoms with van der Waals surface area (Å²) < 4.78 is 5.88. The zero-order valence-corrected chi connectivity index (χ0v) is 14.9. The molecule has 128 valence electrons. The van der Waals surface area contributed by atoms with E-state index >= 15 is 0 Å². The van der Waals surface area contributed by atoms with Crippen LogP contribution in [0.3, 0.4) is 0 Å². The molecule has 0 saturated carbocycles. The fourth-order valence-corrected chi connectivity index (χ4v) is 2.74. The fourth-order valence-electron chi connectivity index (χ4n) is 1.84. The van der Waals surface area contributed by atoms with E-state index in [0.29, 0.717) is 21.0 Å². The molecule has 9 heteroatoms. The number of hydrogen-bond acceptors (Lipinski definition) is 4. The molecule has 0 amide bonds. The zero-order valence-electron chi connectivity index (χ0n) is 11.9. The highest BCUT2D eigenvalue weighted by Crippen LogP contribution is 2.43. The summed E-state index contributed by atoms with van der Waals surface area (Å²) in [6, 6.07) is 12.4. The molecule has 0 saturated heterocycles. The highest BCUT2D eigenvalue weighted by atomic mass is 35.5. The molecule has 0 fully saturated rings. The first-order valence-corrected chi connectivity index (χ1v) is 7.99. The largest absolute Gasteiger partial charge is 0.508 e. The lowest BCUT2D eigenvalue weighted by molar-refractivity contribution is -0.142. The van der Waals surface area contributed by atoms with Gasteiger partial charge < -0.3 is 14.9 Å². The molecule has 0 radical (unpaired) electrons. The summed E-state index contributed by atoms with van der Waals surface area (Å²) in [6.45, 7) is 0. The summed E-state index contributed by atoms with van der Waals surface area (Å²) in [6.07, 6.45) is 0. The topological polar surface area (TPSA) is 70.0 Å². The maximum atomic E-state index is 11.3. The van der Waals surface area contributed by atoms with Crippen molar-refractivity contribution in [1.82, 2.24) is 3.94 Å². The van der Waals surface area contributed by atoms with Crippen LogP contribution in [0.2, 0.25) is 0 Å². The third-order valence-corrected chi connectivity index (χ3v) is 5.06. The van der Waals surface area contributed by atoms with Crippen LogP contribution in [-0.2, 0) is 4.79 Å². The molecule has 1 unspecified atom stereocenters. The second kappa shape index (κ2) is 7.68. The molecule has 0 heterocycles. The van der Waals surface area contributed by atoms with Crippen LogP contribution in [0.4, 0.5) is 0 Å². The number of rotatable bonds is 6. The molecule has 0 aliphatic carbocycles. The van der Waals surface area contributed by atoms with Crippen LogP contribution >= 0.6 is 46.8 Å². The lowest BCUT2D eigenvalue weighted by Crippen LogP contribution is -2.44. The van der Waals surface area contributed by atoms with E-state index in [1.54, 1.807) is 36.4 Å². The summed E-state index contributed by atoms with van der Waals surface area (Å²) in [4.78, 5) is 9.11. The van der Waals surface area contributed by atoms with E-state index in [4.69, 9.17) is 51.5 Å². The Balaban J connectivity index is 2.19. The number of aromatic hydroxyl groups is 1. The highest BCUT2D eigenvalue weighted by Gasteiger charge is 2.49. The van der Waals surface area contributed by atoms with Gasteiger partial charge >= 0.3 is 5.97 Å². The average molecular weight is 411 g/mol. The molecular formula is C15H11Cl4NO4. The van der Waals surface area contributed by atoms with Gasteiger partial charge in [0.1, 0.15) is 22.6 Å². The third-order valence-electron chi connectivity index (χ3n) is 3.13. The van der Waals surface area contributed by atoms with Crippen molar-refractivity contribution >= 4 is 52.7 Å². The number of alkyl halides is 2. The molecular weight excluding hydrogens is 400 g/mol. The Hall–Kier alpha value is -1.37. The molecule has 0 spiro atoms. The number of phenolic OH excluding ortho intramolecular Hbond substituents is 1. The average Bonchev–Trinajstić information content (AvgIpc) is 2.55. The highest BCUT2D eigenvalue weighted by molar-refractivity contribution is 6.47. The van der Waals surface area contributed by atoms with Crippen LogP contribution in [0.1, 0.15) is 10.9 Å². The van der Waals surface area contributed by atoms with Gasteiger partial charge in [-0.1, -0.05) is 27.7 Å². The van der Waals surface area contributed by atoms with Gasteiger partial charge in [0.05, 0.1) is 0 Å². The first kappa shape index (κ1) is 19.0. The van der Waals surface area contributed by atoms with Crippen molar-refractivity contribution in [1.29, 1.82) is 0 Å². The lowest BCUT2D eigenvalue weighted by atomic mass is 10.1. The zero-order chi connectivity index (χ0) is 17.9. The Kier molecular flexibility index (Phi) is 6.06. The molecule has 0 aliphatic rings. The van der Waals surface area contributed by atoms with Gasteiger partial charge in [0.2, 0.25) is 5.00 Å². The molecule has 2 aromatic rings. The minimum absolute atomic E-state index is 0.126. The van der Waals surface area contributed by atoms with Crippen molar-refractivity contribution < 1.29 is 19.7 Å². The van der Waals surface area contributed by atoms with Crippen molar-refractivity contribution in [2.45, 2.75) is 10.4 Å². The van der Waals surface area contributed by atoms with E-state index in [-0.39, 0.29) is 5.75 Å². The van der Waals surface area contributed by atoms with Crippen LogP contribution in [0, 0.1) is 0 Å². The van der Waals surface area contributed by atoms with Gasteiger partial charge in [0.25, 0.3) is 0 Å². The predicted octanol–water partition coefficient (Wildman–Crippen LogP) is 5.09. The summed E-state index contributed by atoms with van der Waals surface area (Å²) in [5.41, 5.74) is 0.387. The molecule has 0 bridgehead atoms. The van der Waals surface area contributed by atoms with Crippen molar-refractivity contribution in [2.75, 3.05) is 0 Å². The molecule has 2 aromatic carbocycles. The van der Waals surface area contributed by atoms with Crippen molar-refractivity contribution in [3.05, 3.63) is 54.1 Å². The first-order valence-electron chi connectivity index (χ1n) is 6.50. The van der Waals surface area contributed by atoms with E-state index in [2.05, 4.69) is 0 Å². The molecule has 2 atom stereocenters. The second-order valence-electron chi connectivity index (χ2n) is 4.74. The second-order valence-corrected chi connectivity index (χ2v) is 6.60. The quantitative estimate of drug-likeness (QED) is 0.394. The van der Waals surface area contributed by atoms with E-state index < -0.39 is 16.3 Å². The van der Waals surface area contributed by atoms with Gasteiger partial charge in [-0.05, 0) is 65.5 Å². The Labute approximate surface area is 158 Å². The molecule has 5 nitrogen and oxygen atoms in total. The van der Waals surface area contributed by atoms with Gasteiger partial charge in [-0.2, -0.15) is 0 Å². The number of hydrogen-bond donors (Lipinski definition) is 2. The molecule has 0 aliphatic heterocycles. The summed E-state index contributed by atoms with van der Waals surface area (Å²) in [5.74, 6) is -0.356. The monoisotopic (exact) mass is 409 g/mol. The molecule has 0 aromatic heterocycles. The Morgan fingerprint density at radius 1 is 1.04 bits per heavy atom. The van der Waals surface area contributed by atoms with Gasteiger partial charge in [-0.3, -0.25) is 0 Å². The van der Waals surface area contributed by atoms with E-state index in [9.17, 15) is 15.0 Å². The molecule has 24 heavy (non-hydrogen) atoms. The smallest absolute Gasteiger partial charge is 0.344 e. The number of halogens is 4. The third kappa shape index (κ3) is 3.99. The fraction of sp³-hybridized carbons (Fsp3) is 0.133. The van der Waals surface area contributed by atoms with Gasteiger partial charge in [-0.15, -0.1) is 11.6 Å². The van der Waals surface area contributed by atoms with E-state index in [0.717, 1.165) is 0 Å². The summed E-state index contributed by atoms with van der Waals surface area (Å²) in [5, 5.41) is 17.2. The van der Waals surface area contributed by atoms with Crippen LogP contribution in [0.25, 0.3) is 0 Å². The van der Waals surface area contributed by atoms with Crippen molar-refractivity contribution in [3.63, 3.8) is 0 Å².